The van der Waals surface area contributed by atoms with Crippen LogP contribution in [-0.2, 0) is 6.42 Å². The van der Waals surface area contributed by atoms with Gasteiger partial charge < -0.3 is 9.80 Å². The summed E-state index contributed by atoms with van der Waals surface area (Å²) in [5.74, 6) is 2.87. The third-order valence-corrected chi connectivity index (χ3v) is 6.93. The highest BCUT2D eigenvalue weighted by atomic mass is 15.3. The van der Waals surface area contributed by atoms with Crippen molar-refractivity contribution in [3.05, 3.63) is 40.1 Å². The second kappa shape index (κ2) is 9.58. The Morgan fingerprint density at radius 3 is 2.35 bits per heavy atom. The minimum atomic E-state index is 0.770. The Morgan fingerprint density at radius 2 is 1.68 bits per heavy atom. The van der Waals surface area contributed by atoms with E-state index in [1.165, 1.54) is 78.7 Å². The van der Waals surface area contributed by atoms with Crippen LogP contribution in [0, 0.1) is 33.6 Å². The van der Waals surface area contributed by atoms with Gasteiger partial charge in [-0.1, -0.05) is 50.3 Å². The first kappa shape index (κ1) is 22.1. The van der Waals surface area contributed by atoms with Gasteiger partial charge in [-0.05, 0) is 70.4 Å². The van der Waals surface area contributed by atoms with Crippen molar-refractivity contribution in [2.75, 3.05) is 29.4 Å². The van der Waals surface area contributed by atoms with Gasteiger partial charge in [0.15, 0.2) is 0 Å². The zero-order valence-corrected chi connectivity index (χ0v) is 20.3. The summed E-state index contributed by atoms with van der Waals surface area (Å²) in [5.41, 5.74) is 7.81. The van der Waals surface area contributed by atoms with E-state index in [0.717, 1.165) is 43.6 Å². The van der Waals surface area contributed by atoms with Crippen LogP contribution in [0.25, 0.3) is 0 Å². The Morgan fingerprint density at radius 1 is 0.968 bits per heavy atom. The number of aryl methyl sites for hydroxylation is 4. The maximum atomic E-state index is 5.21. The number of nitrogens with zero attached hydrogens (tertiary/aromatic N) is 4. The number of fused-ring (bicyclic) bond motifs is 1. The predicted molar refractivity (Wildman–Crippen MR) is 132 cm³/mol. The van der Waals surface area contributed by atoms with E-state index < -0.39 is 0 Å². The van der Waals surface area contributed by atoms with Gasteiger partial charge in [0, 0.05) is 36.6 Å². The van der Waals surface area contributed by atoms with Gasteiger partial charge in [-0.2, -0.15) is 4.98 Å². The fourth-order valence-electron chi connectivity index (χ4n) is 5.15. The molecule has 0 bridgehead atoms. The van der Waals surface area contributed by atoms with Crippen molar-refractivity contribution < 1.29 is 0 Å². The Kier molecular flexibility index (Phi) is 6.83. The molecule has 1 aromatic carbocycles. The molecule has 0 saturated heterocycles. The van der Waals surface area contributed by atoms with Crippen molar-refractivity contribution in [1.82, 2.24) is 9.97 Å². The lowest BCUT2D eigenvalue weighted by Crippen LogP contribution is -2.26. The van der Waals surface area contributed by atoms with Gasteiger partial charge in [0.25, 0.3) is 0 Å². The zero-order valence-electron chi connectivity index (χ0n) is 20.3. The number of hydrogen-bond acceptors (Lipinski definition) is 4. The quantitative estimate of drug-likeness (QED) is 0.406. The minimum Gasteiger partial charge on any atom is -0.356 e. The molecule has 1 saturated carbocycles. The van der Waals surface area contributed by atoms with E-state index in [1.54, 1.807) is 0 Å². The van der Waals surface area contributed by atoms with E-state index in [1.807, 2.05) is 0 Å². The van der Waals surface area contributed by atoms with Gasteiger partial charge in [-0.25, -0.2) is 4.98 Å². The van der Waals surface area contributed by atoms with Crippen molar-refractivity contribution in [3.8, 4) is 0 Å². The number of hydrogen-bond donors (Lipinski definition) is 0. The van der Waals surface area contributed by atoms with Crippen molar-refractivity contribution in [1.29, 1.82) is 0 Å². The number of anilines is 3. The van der Waals surface area contributed by atoms with Crippen molar-refractivity contribution in [3.63, 3.8) is 0 Å². The lowest BCUT2D eigenvalue weighted by Gasteiger charge is -2.28. The Hall–Kier alpha value is -2.10. The van der Waals surface area contributed by atoms with Crippen LogP contribution in [0.5, 0.6) is 0 Å². The molecule has 4 nitrogen and oxygen atoms in total. The molecule has 4 rings (SSSR count). The molecule has 4 heteroatoms. The molecule has 2 aromatic rings. The SMILES string of the molecule is CCCCCCCN1CCc2c(C)nc(N(CC3CC3)c3c(C)cc(C)cc3C)nc21. The van der Waals surface area contributed by atoms with E-state index in [-0.39, 0.29) is 0 Å². The van der Waals surface area contributed by atoms with Crippen LogP contribution >= 0.6 is 0 Å². The van der Waals surface area contributed by atoms with Crippen LogP contribution in [0.1, 0.15) is 79.8 Å². The fraction of sp³-hybridized carbons (Fsp3) is 0.630. The predicted octanol–water partition coefficient (Wildman–Crippen LogP) is 6.59. The van der Waals surface area contributed by atoms with E-state index in [0.29, 0.717) is 0 Å². The van der Waals surface area contributed by atoms with Gasteiger partial charge in [0.05, 0.1) is 0 Å². The van der Waals surface area contributed by atoms with Gasteiger partial charge >= 0.3 is 0 Å². The highest BCUT2D eigenvalue weighted by Crippen LogP contribution is 2.39. The molecule has 0 atom stereocenters. The van der Waals surface area contributed by atoms with Crippen molar-refractivity contribution in [2.45, 2.75) is 86.0 Å². The molecule has 2 aliphatic rings. The molecular formula is C27H40N4. The summed E-state index contributed by atoms with van der Waals surface area (Å²) in [6.45, 7) is 14.4. The lowest BCUT2D eigenvalue weighted by atomic mass is 10.0. The summed E-state index contributed by atoms with van der Waals surface area (Å²) in [6, 6.07) is 4.59. The van der Waals surface area contributed by atoms with E-state index in [2.05, 4.69) is 56.6 Å². The minimum absolute atomic E-state index is 0.770. The average Bonchev–Trinajstić information content (AvgIpc) is 3.44. The second-order valence-corrected chi connectivity index (χ2v) is 9.86. The first-order chi connectivity index (χ1) is 15.0. The molecule has 1 fully saturated rings. The second-order valence-electron chi connectivity index (χ2n) is 9.86. The normalized spacial score (nSPS) is 15.5. The Bertz CT molecular complexity index is 893. The highest BCUT2D eigenvalue weighted by Gasteiger charge is 2.30. The molecule has 1 aromatic heterocycles. The van der Waals surface area contributed by atoms with E-state index in [9.17, 15) is 0 Å². The third kappa shape index (κ3) is 5.05. The first-order valence-electron chi connectivity index (χ1n) is 12.5. The largest absolute Gasteiger partial charge is 0.356 e. The van der Waals surface area contributed by atoms with Crippen LogP contribution in [0.2, 0.25) is 0 Å². The molecule has 0 N–H and O–H groups in total. The van der Waals surface area contributed by atoms with Crippen LogP contribution in [0.15, 0.2) is 12.1 Å². The smallest absolute Gasteiger partial charge is 0.232 e. The third-order valence-electron chi connectivity index (χ3n) is 6.93. The number of rotatable bonds is 10. The number of aromatic nitrogens is 2. The number of unbranched alkanes of at least 4 members (excludes halogenated alkanes) is 4. The monoisotopic (exact) mass is 420 g/mol. The summed E-state index contributed by atoms with van der Waals surface area (Å²) in [5, 5.41) is 0. The van der Waals surface area contributed by atoms with E-state index >= 15 is 0 Å². The molecular weight excluding hydrogens is 380 g/mol. The van der Waals surface area contributed by atoms with Crippen LogP contribution < -0.4 is 9.80 Å². The first-order valence-corrected chi connectivity index (χ1v) is 12.5. The summed E-state index contributed by atoms with van der Waals surface area (Å²) in [7, 11) is 0. The van der Waals surface area contributed by atoms with E-state index in [4.69, 9.17) is 9.97 Å². The van der Waals surface area contributed by atoms with Gasteiger partial charge in [-0.3, -0.25) is 0 Å². The molecule has 1 aliphatic heterocycles. The zero-order chi connectivity index (χ0) is 22.0. The maximum Gasteiger partial charge on any atom is 0.232 e. The fourth-order valence-corrected chi connectivity index (χ4v) is 5.15. The molecule has 0 amide bonds. The molecule has 2 heterocycles. The molecule has 31 heavy (non-hydrogen) atoms. The van der Waals surface area contributed by atoms with Gasteiger partial charge in [0.1, 0.15) is 5.82 Å². The van der Waals surface area contributed by atoms with Crippen LogP contribution in [0.4, 0.5) is 17.5 Å². The standard InChI is InChI=1S/C27H40N4/c1-6-7-8-9-10-14-30-15-13-24-22(5)28-27(29-26(24)30)31(18-23-11-12-23)25-20(3)16-19(2)17-21(25)4/h16-17,23H,6-15,18H2,1-5H3. The van der Waals surface area contributed by atoms with Crippen molar-refractivity contribution >= 4 is 17.5 Å². The Labute approximate surface area is 189 Å². The van der Waals surface area contributed by atoms with Crippen molar-refractivity contribution in [2.24, 2.45) is 5.92 Å². The molecule has 1 aliphatic carbocycles. The van der Waals surface area contributed by atoms with Crippen LogP contribution in [0.3, 0.4) is 0 Å². The van der Waals surface area contributed by atoms with Gasteiger partial charge in [-0.15, -0.1) is 0 Å². The van der Waals surface area contributed by atoms with Crippen LogP contribution in [-0.4, -0.2) is 29.6 Å². The Balaban J connectivity index is 1.63. The topological polar surface area (TPSA) is 32.3 Å². The number of benzene rings is 1. The molecule has 0 unspecified atom stereocenters. The van der Waals surface area contributed by atoms with Gasteiger partial charge in [0.2, 0.25) is 5.95 Å². The molecule has 0 radical (unpaired) electrons. The summed E-state index contributed by atoms with van der Waals surface area (Å²) < 4.78 is 0. The summed E-state index contributed by atoms with van der Waals surface area (Å²) >= 11 is 0. The summed E-state index contributed by atoms with van der Waals surface area (Å²) in [4.78, 5) is 15.2. The highest BCUT2D eigenvalue weighted by molar-refractivity contribution is 5.68. The molecule has 168 valence electrons. The maximum absolute atomic E-state index is 5.21. The lowest BCUT2D eigenvalue weighted by molar-refractivity contribution is 0.621. The average molecular weight is 421 g/mol. The summed E-state index contributed by atoms with van der Waals surface area (Å²) in [6.07, 6.45) is 10.3. The molecule has 0 spiro atoms.